The van der Waals surface area contributed by atoms with Gasteiger partial charge in [-0.2, -0.15) is 0 Å². The molecule has 1 N–H and O–H groups in total. The number of sulfonamides is 1. The molecule has 230 valence electrons. The highest BCUT2D eigenvalue weighted by atomic mass is 35.5. The van der Waals surface area contributed by atoms with Crippen LogP contribution in [0.25, 0.3) is 0 Å². The molecule has 0 aliphatic heterocycles. The van der Waals surface area contributed by atoms with Crippen LogP contribution in [0, 0.1) is 0 Å². The van der Waals surface area contributed by atoms with Gasteiger partial charge in [0.15, 0.2) is 0 Å². The van der Waals surface area contributed by atoms with Crippen molar-refractivity contribution in [3.05, 3.63) is 99.5 Å². The number of carbonyl (C=O) groups is 2. The van der Waals surface area contributed by atoms with Gasteiger partial charge in [0.05, 0.1) is 11.9 Å². The van der Waals surface area contributed by atoms with Gasteiger partial charge < -0.3 is 10.2 Å². The van der Waals surface area contributed by atoms with Crippen molar-refractivity contribution in [3.63, 3.8) is 0 Å². The summed E-state index contributed by atoms with van der Waals surface area (Å²) in [4.78, 5) is 29.7. The molecule has 2 amide bonds. The molecule has 0 saturated heterocycles. The van der Waals surface area contributed by atoms with Gasteiger partial charge in [-0.3, -0.25) is 13.9 Å². The number of halogens is 2. The molecule has 0 aromatic heterocycles. The minimum absolute atomic E-state index is 0.0265. The fourth-order valence-corrected chi connectivity index (χ4v) is 6.78. The highest BCUT2D eigenvalue weighted by Gasteiger charge is 2.35. The smallest absolute Gasteiger partial charge is 0.244 e. The summed E-state index contributed by atoms with van der Waals surface area (Å²) in [6.07, 6.45) is 5.12. The van der Waals surface area contributed by atoms with Crippen molar-refractivity contribution in [2.45, 2.75) is 70.5 Å². The van der Waals surface area contributed by atoms with Crippen molar-refractivity contribution in [3.8, 4) is 0 Å². The van der Waals surface area contributed by atoms with Gasteiger partial charge in [-0.1, -0.05) is 98.4 Å². The van der Waals surface area contributed by atoms with Crippen LogP contribution in [0.5, 0.6) is 0 Å². The van der Waals surface area contributed by atoms with E-state index in [2.05, 4.69) is 5.32 Å². The molecule has 0 spiro atoms. The van der Waals surface area contributed by atoms with Crippen LogP contribution in [0.1, 0.15) is 62.1 Å². The van der Waals surface area contributed by atoms with Crippen LogP contribution in [-0.2, 0) is 32.6 Å². The number of anilines is 1. The Morgan fingerprint density at radius 3 is 2.07 bits per heavy atom. The summed E-state index contributed by atoms with van der Waals surface area (Å²) in [6, 6.07) is 20.7. The highest BCUT2D eigenvalue weighted by Crippen LogP contribution is 2.29. The number of hydrogen-bond acceptors (Lipinski definition) is 4. The molecule has 4 rings (SSSR count). The van der Waals surface area contributed by atoms with Crippen LogP contribution in [0.4, 0.5) is 5.69 Å². The molecule has 0 bridgehead atoms. The number of hydrogen-bond donors (Lipinski definition) is 1. The highest BCUT2D eigenvalue weighted by molar-refractivity contribution is 7.92. The first-order chi connectivity index (χ1) is 20.4. The summed E-state index contributed by atoms with van der Waals surface area (Å²) in [5.74, 6) is -0.577. The maximum absolute atomic E-state index is 14.3. The largest absolute Gasteiger partial charge is 0.352 e. The third-order valence-corrected chi connectivity index (χ3v) is 9.74. The molecule has 0 heterocycles. The predicted octanol–water partition coefficient (Wildman–Crippen LogP) is 6.58. The lowest BCUT2D eigenvalue weighted by Gasteiger charge is -2.34. The summed E-state index contributed by atoms with van der Waals surface area (Å²) in [5.41, 5.74) is 2.76. The molecule has 1 fully saturated rings. The Bertz CT molecular complexity index is 1490. The van der Waals surface area contributed by atoms with Gasteiger partial charge in [0.1, 0.15) is 12.6 Å². The van der Waals surface area contributed by atoms with Gasteiger partial charge in [0.2, 0.25) is 21.8 Å². The molecular weight excluding hydrogens is 605 g/mol. The van der Waals surface area contributed by atoms with E-state index >= 15 is 0 Å². The summed E-state index contributed by atoms with van der Waals surface area (Å²) in [7, 11) is -3.86. The Morgan fingerprint density at radius 2 is 1.51 bits per heavy atom. The lowest BCUT2D eigenvalue weighted by molar-refractivity contribution is -0.140. The minimum Gasteiger partial charge on any atom is -0.352 e. The molecule has 3 aromatic rings. The SMILES string of the molecule is CC(C)c1ccc(N(CC(=O)N(Cc2c(Cl)cccc2Cl)[C@H](Cc2ccccc2)C(=O)NC2CCCC2)S(C)(=O)=O)cc1. The van der Waals surface area contributed by atoms with Gasteiger partial charge in [0.25, 0.3) is 0 Å². The first-order valence-electron chi connectivity index (χ1n) is 14.6. The Labute approximate surface area is 265 Å². The van der Waals surface area contributed by atoms with Crippen molar-refractivity contribution in [2.75, 3.05) is 17.1 Å². The first-order valence-corrected chi connectivity index (χ1v) is 17.2. The van der Waals surface area contributed by atoms with Crippen LogP contribution >= 0.6 is 23.2 Å². The molecule has 10 heteroatoms. The Hall–Kier alpha value is -3.07. The zero-order valence-corrected chi connectivity index (χ0v) is 27.1. The third kappa shape index (κ3) is 8.74. The molecule has 0 radical (unpaired) electrons. The van der Waals surface area contributed by atoms with Crippen LogP contribution in [0.15, 0.2) is 72.8 Å². The van der Waals surface area contributed by atoms with Crippen molar-refractivity contribution >= 4 is 50.7 Å². The van der Waals surface area contributed by atoms with E-state index in [0.29, 0.717) is 21.3 Å². The monoisotopic (exact) mass is 643 g/mol. The molecule has 0 unspecified atom stereocenters. The van der Waals surface area contributed by atoms with Gasteiger partial charge >= 0.3 is 0 Å². The van der Waals surface area contributed by atoms with E-state index in [0.717, 1.165) is 47.4 Å². The molecule has 3 aromatic carbocycles. The van der Waals surface area contributed by atoms with Crippen LogP contribution in [-0.4, -0.2) is 50.0 Å². The van der Waals surface area contributed by atoms with Gasteiger partial charge in [-0.05, 0) is 54.2 Å². The second-order valence-electron chi connectivity index (χ2n) is 11.4. The average Bonchev–Trinajstić information content (AvgIpc) is 3.48. The molecule has 1 aliphatic carbocycles. The Balaban J connectivity index is 1.75. The van der Waals surface area contributed by atoms with Gasteiger partial charge in [-0.25, -0.2) is 8.42 Å². The maximum atomic E-state index is 14.3. The molecule has 43 heavy (non-hydrogen) atoms. The number of nitrogens with one attached hydrogen (secondary N) is 1. The second-order valence-corrected chi connectivity index (χ2v) is 14.2. The number of amides is 2. The average molecular weight is 645 g/mol. The van der Waals surface area contributed by atoms with Crippen LogP contribution in [0.3, 0.4) is 0 Å². The van der Waals surface area contributed by atoms with E-state index in [1.54, 1.807) is 30.3 Å². The van der Waals surface area contributed by atoms with Crippen molar-refractivity contribution in [1.82, 2.24) is 10.2 Å². The standard InChI is InChI=1S/C33H39Cl2N3O4S/c1-23(2)25-16-18-27(19-17-25)38(43(3,41)42)22-32(39)37(21-28-29(34)14-9-15-30(28)35)31(20-24-10-5-4-6-11-24)33(40)36-26-12-7-8-13-26/h4-6,9-11,14-19,23,26,31H,7-8,12-13,20-22H2,1-3H3,(H,36,40)/t31-/m1/s1. The van der Waals surface area contributed by atoms with E-state index in [-0.39, 0.29) is 30.8 Å². The van der Waals surface area contributed by atoms with Crippen LogP contribution < -0.4 is 9.62 Å². The number of nitrogens with zero attached hydrogens (tertiary/aromatic N) is 2. The lowest BCUT2D eigenvalue weighted by atomic mass is 10.0. The second kappa shape index (κ2) is 14.6. The molecular formula is C33H39Cl2N3O4S. The van der Waals surface area contributed by atoms with E-state index in [1.807, 2.05) is 56.3 Å². The first kappa shape index (κ1) is 32.8. The van der Waals surface area contributed by atoms with Crippen molar-refractivity contribution in [2.24, 2.45) is 0 Å². The maximum Gasteiger partial charge on any atom is 0.244 e. The van der Waals surface area contributed by atoms with E-state index < -0.39 is 28.5 Å². The summed E-state index contributed by atoms with van der Waals surface area (Å²) in [5, 5.41) is 3.85. The van der Waals surface area contributed by atoms with Crippen molar-refractivity contribution in [1.29, 1.82) is 0 Å². The van der Waals surface area contributed by atoms with Gasteiger partial charge in [0, 0.05) is 34.6 Å². The zero-order chi connectivity index (χ0) is 31.1. The zero-order valence-electron chi connectivity index (χ0n) is 24.8. The lowest BCUT2D eigenvalue weighted by Crippen LogP contribution is -2.54. The Kier molecular flexibility index (Phi) is 11.2. The fraction of sp³-hybridized carbons (Fsp3) is 0.394. The molecule has 7 nitrogen and oxygen atoms in total. The number of benzene rings is 3. The van der Waals surface area contributed by atoms with Gasteiger partial charge in [-0.15, -0.1) is 0 Å². The van der Waals surface area contributed by atoms with Crippen LogP contribution in [0.2, 0.25) is 10.0 Å². The van der Waals surface area contributed by atoms with E-state index in [9.17, 15) is 18.0 Å². The number of carbonyl (C=O) groups excluding carboxylic acids is 2. The fourth-order valence-electron chi connectivity index (χ4n) is 5.41. The summed E-state index contributed by atoms with van der Waals surface area (Å²) >= 11 is 13.1. The summed E-state index contributed by atoms with van der Waals surface area (Å²) in [6.45, 7) is 3.53. The predicted molar refractivity (Wildman–Crippen MR) is 174 cm³/mol. The minimum atomic E-state index is -3.86. The van der Waals surface area contributed by atoms with Crippen molar-refractivity contribution < 1.29 is 18.0 Å². The Morgan fingerprint density at radius 1 is 0.907 bits per heavy atom. The summed E-state index contributed by atoms with van der Waals surface area (Å²) < 4.78 is 27.1. The number of rotatable bonds is 12. The normalized spacial score (nSPS) is 14.5. The molecule has 1 atom stereocenters. The third-order valence-electron chi connectivity index (χ3n) is 7.89. The van der Waals surface area contributed by atoms with E-state index in [1.165, 1.54) is 4.90 Å². The molecule has 1 saturated carbocycles. The topological polar surface area (TPSA) is 86.8 Å². The van der Waals surface area contributed by atoms with E-state index in [4.69, 9.17) is 23.2 Å². The molecule has 1 aliphatic rings. The quantitative estimate of drug-likeness (QED) is 0.241.